The number of pyridine rings is 1. The van der Waals surface area contributed by atoms with Crippen LogP contribution in [0.1, 0.15) is 5.56 Å². The van der Waals surface area contributed by atoms with Gasteiger partial charge in [0.15, 0.2) is 11.6 Å². The number of fused-ring (bicyclic) bond motifs is 1. The second-order valence-electron chi connectivity index (χ2n) is 7.88. The highest BCUT2D eigenvalue weighted by molar-refractivity contribution is 5.94. The van der Waals surface area contributed by atoms with Gasteiger partial charge in [0, 0.05) is 37.0 Å². The van der Waals surface area contributed by atoms with Crippen molar-refractivity contribution in [3.63, 3.8) is 0 Å². The fraction of sp³-hybridized carbons (Fsp3) is 0.154. The topological polar surface area (TPSA) is 87.0 Å². The Labute approximate surface area is 201 Å². The van der Waals surface area contributed by atoms with Crippen molar-refractivity contribution in [2.24, 2.45) is 7.05 Å². The number of aryl methyl sites for hydroxylation is 1. The molecule has 5 rings (SSSR count). The van der Waals surface area contributed by atoms with Crippen molar-refractivity contribution in [3.8, 4) is 34.0 Å². The Morgan fingerprint density at radius 2 is 1.74 bits per heavy atom. The van der Waals surface area contributed by atoms with E-state index in [0.29, 0.717) is 51.7 Å². The molecule has 8 nitrogen and oxygen atoms in total. The molecule has 0 saturated carbocycles. The van der Waals surface area contributed by atoms with Gasteiger partial charge in [-0.25, -0.2) is 19.3 Å². The normalized spacial score (nSPS) is 11.0. The van der Waals surface area contributed by atoms with Crippen molar-refractivity contribution < 1.29 is 13.9 Å². The first-order valence-corrected chi connectivity index (χ1v) is 10.9. The van der Waals surface area contributed by atoms with Gasteiger partial charge in [-0.1, -0.05) is 24.3 Å². The Morgan fingerprint density at radius 3 is 2.49 bits per heavy atom. The minimum atomic E-state index is -0.359. The molecule has 2 aromatic carbocycles. The van der Waals surface area contributed by atoms with Gasteiger partial charge in [0.1, 0.15) is 34.8 Å². The maximum absolute atomic E-state index is 14.6. The van der Waals surface area contributed by atoms with Crippen LogP contribution in [0.15, 0.2) is 67.1 Å². The Hall–Kier alpha value is -4.53. The van der Waals surface area contributed by atoms with Crippen molar-refractivity contribution in [1.29, 1.82) is 0 Å². The lowest BCUT2D eigenvalue weighted by atomic mass is 10.0. The van der Waals surface area contributed by atoms with Gasteiger partial charge in [-0.15, -0.1) is 0 Å². The van der Waals surface area contributed by atoms with Crippen LogP contribution in [0.4, 0.5) is 10.2 Å². The van der Waals surface area contributed by atoms with E-state index in [-0.39, 0.29) is 5.82 Å². The third kappa shape index (κ3) is 4.35. The first-order valence-electron chi connectivity index (χ1n) is 10.9. The summed E-state index contributed by atoms with van der Waals surface area (Å²) in [5.41, 5.74) is 4.28. The van der Waals surface area contributed by atoms with Crippen molar-refractivity contribution in [1.82, 2.24) is 24.7 Å². The number of nitrogens with one attached hydrogen (secondary N) is 1. The van der Waals surface area contributed by atoms with Crippen LogP contribution in [0.25, 0.3) is 33.5 Å². The summed E-state index contributed by atoms with van der Waals surface area (Å²) < 4.78 is 27.1. The molecule has 0 spiro atoms. The highest BCUT2D eigenvalue weighted by Gasteiger charge is 2.20. The summed E-state index contributed by atoms with van der Waals surface area (Å²) in [7, 11) is 5.01. The van der Waals surface area contributed by atoms with Gasteiger partial charge in [-0.2, -0.15) is 5.10 Å². The lowest BCUT2D eigenvalue weighted by Crippen LogP contribution is -2.05. The fourth-order valence-electron chi connectivity index (χ4n) is 3.89. The number of aromatic nitrogens is 5. The molecule has 0 atom stereocenters. The number of ether oxygens (including phenoxy) is 2. The smallest absolute Gasteiger partial charge is 0.169 e. The Morgan fingerprint density at radius 1 is 0.943 bits per heavy atom. The molecule has 0 radical (unpaired) electrons. The summed E-state index contributed by atoms with van der Waals surface area (Å²) in [6.45, 7) is 0.523. The zero-order chi connectivity index (χ0) is 24.4. The highest BCUT2D eigenvalue weighted by atomic mass is 19.1. The SMILES string of the molecule is COc1ccc(CNc2nc3c(-c4cn(C)nc4-c4ccccc4F)ncnc3cc2OC)cc1. The van der Waals surface area contributed by atoms with E-state index in [1.807, 2.05) is 30.3 Å². The lowest BCUT2D eigenvalue weighted by molar-refractivity contribution is 0.414. The van der Waals surface area contributed by atoms with Crippen LogP contribution in [0.2, 0.25) is 0 Å². The molecular formula is C26H23FN6O2. The zero-order valence-electron chi connectivity index (χ0n) is 19.5. The number of anilines is 1. The van der Waals surface area contributed by atoms with Crippen LogP contribution in [0, 0.1) is 5.82 Å². The second kappa shape index (κ2) is 9.38. The van der Waals surface area contributed by atoms with E-state index in [9.17, 15) is 4.39 Å². The number of halogens is 1. The molecule has 0 amide bonds. The maximum atomic E-state index is 14.6. The average Bonchev–Trinajstić information content (AvgIpc) is 3.28. The monoisotopic (exact) mass is 470 g/mol. The lowest BCUT2D eigenvalue weighted by Gasteiger charge is -2.13. The third-order valence-corrected chi connectivity index (χ3v) is 5.63. The predicted octanol–water partition coefficient (Wildman–Crippen LogP) is 4.86. The van der Waals surface area contributed by atoms with E-state index in [1.165, 1.54) is 12.4 Å². The molecule has 35 heavy (non-hydrogen) atoms. The first-order chi connectivity index (χ1) is 17.1. The van der Waals surface area contributed by atoms with E-state index >= 15 is 0 Å². The molecular weight excluding hydrogens is 447 g/mol. The Balaban J connectivity index is 1.59. The summed E-state index contributed by atoms with van der Waals surface area (Å²) in [4.78, 5) is 13.7. The zero-order valence-corrected chi connectivity index (χ0v) is 19.5. The average molecular weight is 471 g/mol. The summed E-state index contributed by atoms with van der Waals surface area (Å²) in [5, 5.41) is 7.85. The van der Waals surface area contributed by atoms with Crippen molar-refractivity contribution in [2.75, 3.05) is 19.5 Å². The minimum absolute atomic E-state index is 0.359. The third-order valence-electron chi connectivity index (χ3n) is 5.63. The van der Waals surface area contributed by atoms with Crippen molar-refractivity contribution >= 4 is 16.9 Å². The van der Waals surface area contributed by atoms with Gasteiger partial charge < -0.3 is 14.8 Å². The van der Waals surface area contributed by atoms with E-state index < -0.39 is 0 Å². The fourth-order valence-corrected chi connectivity index (χ4v) is 3.89. The summed E-state index contributed by atoms with van der Waals surface area (Å²) in [6, 6.07) is 16.1. The molecule has 0 aliphatic rings. The van der Waals surface area contributed by atoms with E-state index in [4.69, 9.17) is 14.5 Å². The molecule has 3 aromatic heterocycles. The number of hydrogen-bond acceptors (Lipinski definition) is 7. The molecule has 1 N–H and O–H groups in total. The molecule has 176 valence electrons. The molecule has 0 fully saturated rings. The Kier molecular flexibility index (Phi) is 5.97. The molecule has 0 bridgehead atoms. The minimum Gasteiger partial charge on any atom is -0.497 e. The summed E-state index contributed by atoms with van der Waals surface area (Å²) >= 11 is 0. The largest absolute Gasteiger partial charge is 0.497 e. The molecule has 0 aliphatic carbocycles. The standard InChI is InChI=1S/C26H23FN6O2/c1-33-14-19(23(32-33)18-6-4-5-7-20(18)27)24-25-21(29-15-30-24)12-22(35-3)26(31-25)28-13-16-8-10-17(34-2)11-9-16/h4-12,14-15H,13H2,1-3H3,(H,28,31). The number of benzene rings is 2. The molecule has 0 unspecified atom stereocenters. The molecule has 3 heterocycles. The van der Waals surface area contributed by atoms with Gasteiger partial charge >= 0.3 is 0 Å². The quantitative estimate of drug-likeness (QED) is 0.363. The van der Waals surface area contributed by atoms with Gasteiger partial charge in [-0.05, 0) is 29.8 Å². The first kappa shape index (κ1) is 22.3. The molecule has 9 heteroatoms. The van der Waals surface area contributed by atoms with E-state index in [2.05, 4.69) is 20.4 Å². The number of methoxy groups -OCH3 is 2. The maximum Gasteiger partial charge on any atom is 0.169 e. The van der Waals surface area contributed by atoms with E-state index in [1.54, 1.807) is 50.3 Å². The molecule has 0 aliphatic heterocycles. The van der Waals surface area contributed by atoms with Crippen LogP contribution in [-0.2, 0) is 13.6 Å². The van der Waals surface area contributed by atoms with Crippen molar-refractivity contribution in [3.05, 3.63) is 78.5 Å². The van der Waals surface area contributed by atoms with Crippen LogP contribution in [0.5, 0.6) is 11.5 Å². The number of rotatable bonds is 7. The molecule has 5 aromatic rings. The van der Waals surface area contributed by atoms with Gasteiger partial charge in [0.05, 0.1) is 19.7 Å². The van der Waals surface area contributed by atoms with E-state index in [0.717, 1.165) is 11.3 Å². The van der Waals surface area contributed by atoms with Gasteiger partial charge in [0.2, 0.25) is 0 Å². The second-order valence-corrected chi connectivity index (χ2v) is 7.88. The van der Waals surface area contributed by atoms with Crippen LogP contribution in [-0.4, -0.2) is 39.0 Å². The number of nitrogens with zero attached hydrogens (tertiary/aromatic N) is 5. The van der Waals surface area contributed by atoms with Crippen molar-refractivity contribution in [2.45, 2.75) is 6.54 Å². The predicted molar refractivity (Wildman–Crippen MR) is 132 cm³/mol. The van der Waals surface area contributed by atoms with Gasteiger partial charge in [0.25, 0.3) is 0 Å². The van der Waals surface area contributed by atoms with Crippen LogP contribution in [0.3, 0.4) is 0 Å². The Bertz CT molecular complexity index is 1500. The van der Waals surface area contributed by atoms with Crippen LogP contribution < -0.4 is 14.8 Å². The van der Waals surface area contributed by atoms with Crippen LogP contribution >= 0.6 is 0 Å². The summed E-state index contributed by atoms with van der Waals surface area (Å²) in [5.74, 6) is 1.53. The summed E-state index contributed by atoms with van der Waals surface area (Å²) in [6.07, 6.45) is 3.27. The van der Waals surface area contributed by atoms with Gasteiger partial charge in [-0.3, -0.25) is 4.68 Å². The molecule has 0 saturated heterocycles. The number of hydrogen-bond donors (Lipinski definition) is 1. The highest BCUT2D eigenvalue weighted by Crippen LogP contribution is 2.36.